The second-order valence-corrected chi connectivity index (χ2v) is 6.18. The molecule has 1 aliphatic rings. The van der Waals surface area contributed by atoms with Crippen molar-refractivity contribution in [2.75, 3.05) is 19.6 Å². The molecule has 1 fully saturated rings. The molecule has 1 aliphatic heterocycles. The fraction of sp³-hybridized carbons (Fsp3) is 0.867. The first-order valence-electron chi connectivity index (χ1n) is 7.67. The number of hydrogen-bond acceptors (Lipinski definition) is 2. The number of rotatable bonds is 6. The number of carbonyl (C=O) groups is 2. The first-order chi connectivity index (χ1) is 9.41. The van der Waals surface area contributed by atoms with E-state index in [9.17, 15) is 9.59 Å². The van der Waals surface area contributed by atoms with Gasteiger partial charge in [0.05, 0.1) is 5.92 Å². The number of nitrogens with one attached hydrogen (secondary N) is 1. The maximum Gasteiger partial charge on any atom is 0.317 e. The van der Waals surface area contributed by atoms with Gasteiger partial charge in [-0.1, -0.05) is 20.8 Å². The smallest absolute Gasteiger partial charge is 0.317 e. The first-order valence-corrected chi connectivity index (χ1v) is 7.67. The second-order valence-electron chi connectivity index (χ2n) is 6.18. The van der Waals surface area contributed by atoms with Crippen LogP contribution in [0.25, 0.3) is 0 Å². The molecule has 0 saturated carbocycles. The maximum absolute atomic E-state index is 12.0. The van der Waals surface area contributed by atoms with Crippen molar-refractivity contribution < 1.29 is 14.7 Å². The van der Waals surface area contributed by atoms with E-state index < -0.39 is 5.97 Å². The summed E-state index contributed by atoms with van der Waals surface area (Å²) in [6.45, 7) is 8.40. The average Bonchev–Trinajstić information content (AvgIpc) is 2.43. The molecule has 1 atom stereocenters. The molecule has 0 spiro atoms. The Labute approximate surface area is 121 Å². The standard InChI is InChI=1S/C15H28N2O3/c1-11(2)13-6-9-17(10-7-13)15(20)16-8-4-5-12(3)14(18)19/h11-13H,4-10H2,1-3H3,(H,16,20)(H,18,19). The van der Waals surface area contributed by atoms with Gasteiger partial charge in [0.1, 0.15) is 0 Å². The van der Waals surface area contributed by atoms with E-state index in [0.29, 0.717) is 25.3 Å². The van der Waals surface area contributed by atoms with Crippen LogP contribution < -0.4 is 5.32 Å². The highest BCUT2D eigenvalue weighted by Crippen LogP contribution is 2.24. The molecular weight excluding hydrogens is 256 g/mol. The van der Waals surface area contributed by atoms with Gasteiger partial charge in [-0.2, -0.15) is 0 Å². The number of carbonyl (C=O) groups excluding carboxylic acids is 1. The maximum atomic E-state index is 12.0. The molecule has 1 rings (SSSR count). The average molecular weight is 284 g/mol. The van der Waals surface area contributed by atoms with E-state index >= 15 is 0 Å². The fourth-order valence-electron chi connectivity index (χ4n) is 2.61. The van der Waals surface area contributed by atoms with Gasteiger partial charge in [0.15, 0.2) is 0 Å². The number of aliphatic carboxylic acids is 1. The van der Waals surface area contributed by atoms with Crippen LogP contribution >= 0.6 is 0 Å². The van der Waals surface area contributed by atoms with Gasteiger partial charge in [0, 0.05) is 19.6 Å². The van der Waals surface area contributed by atoms with Crippen LogP contribution in [0.2, 0.25) is 0 Å². The van der Waals surface area contributed by atoms with Crippen LogP contribution in [0, 0.1) is 17.8 Å². The summed E-state index contributed by atoms with van der Waals surface area (Å²) in [7, 11) is 0. The van der Waals surface area contributed by atoms with Crippen LogP contribution in [0.4, 0.5) is 4.79 Å². The minimum atomic E-state index is -0.771. The third-order valence-corrected chi connectivity index (χ3v) is 4.28. The summed E-state index contributed by atoms with van der Waals surface area (Å²) in [5, 5.41) is 11.7. The molecule has 5 nitrogen and oxygen atoms in total. The third-order valence-electron chi connectivity index (χ3n) is 4.28. The van der Waals surface area contributed by atoms with Gasteiger partial charge in [0.25, 0.3) is 0 Å². The summed E-state index contributed by atoms with van der Waals surface area (Å²) in [4.78, 5) is 24.5. The summed E-state index contributed by atoms with van der Waals surface area (Å²) in [5.41, 5.74) is 0. The Bertz CT molecular complexity index is 323. The van der Waals surface area contributed by atoms with Gasteiger partial charge in [-0.05, 0) is 37.5 Å². The molecule has 5 heteroatoms. The number of amides is 2. The van der Waals surface area contributed by atoms with E-state index in [1.165, 1.54) is 0 Å². The number of carboxylic acids is 1. The topological polar surface area (TPSA) is 69.6 Å². The second kappa shape index (κ2) is 8.12. The van der Waals surface area contributed by atoms with Crippen LogP contribution in [0.3, 0.4) is 0 Å². The molecule has 1 saturated heterocycles. The van der Waals surface area contributed by atoms with Crippen LogP contribution in [0.15, 0.2) is 0 Å². The Morgan fingerprint density at radius 2 is 1.85 bits per heavy atom. The van der Waals surface area contributed by atoms with E-state index in [1.54, 1.807) is 6.92 Å². The molecule has 1 unspecified atom stereocenters. The molecule has 116 valence electrons. The predicted octanol–water partition coefficient (Wildman–Crippen LogP) is 2.56. The minimum absolute atomic E-state index is 0.00446. The molecule has 2 N–H and O–H groups in total. The van der Waals surface area contributed by atoms with E-state index in [4.69, 9.17) is 5.11 Å². The van der Waals surface area contributed by atoms with Gasteiger partial charge in [-0.15, -0.1) is 0 Å². The van der Waals surface area contributed by atoms with Crippen LogP contribution in [-0.2, 0) is 4.79 Å². The molecule has 0 aromatic rings. The normalized spacial score (nSPS) is 18.1. The highest BCUT2D eigenvalue weighted by Gasteiger charge is 2.24. The van der Waals surface area contributed by atoms with Crippen LogP contribution in [0.5, 0.6) is 0 Å². The lowest BCUT2D eigenvalue weighted by Crippen LogP contribution is -2.45. The quantitative estimate of drug-likeness (QED) is 0.736. The Morgan fingerprint density at radius 1 is 1.25 bits per heavy atom. The molecule has 0 radical (unpaired) electrons. The van der Waals surface area contributed by atoms with Crippen molar-refractivity contribution >= 4 is 12.0 Å². The van der Waals surface area contributed by atoms with Crippen molar-refractivity contribution in [2.24, 2.45) is 17.8 Å². The zero-order valence-electron chi connectivity index (χ0n) is 12.9. The van der Waals surface area contributed by atoms with E-state index in [-0.39, 0.29) is 11.9 Å². The van der Waals surface area contributed by atoms with Gasteiger partial charge in [0.2, 0.25) is 0 Å². The Hall–Kier alpha value is -1.26. The van der Waals surface area contributed by atoms with Gasteiger partial charge in [-0.25, -0.2) is 4.79 Å². The number of urea groups is 1. The monoisotopic (exact) mass is 284 g/mol. The lowest BCUT2D eigenvalue weighted by atomic mass is 9.87. The third kappa shape index (κ3) is 5.39. The van der Waals surface area contributed by atoms with Gasteiger partial charge in [-0.3, -0.25) is 4.79 Å². The summed E-state index contributed by atoms with van der Waals surface area (Å²) < 4.78 is 0. The number of nitrogens with zero attached hydrogens (tertiary/aromatic N) is 1. The molecule has 0 aromatic heterocycles. The van der Waals surface area contributed by atoms with Crippen molar-refractivity contribution in [3.63, 3.8) is 0 Å². The van der Waals surface area contributed by atoms with Crippen molar-refractivity contribution in [1.82, 2.24) is 10.2 Å². The molecular formula is C15H28N2O3. The van der Waals surface area contributed by atoms with E-state index in [1.807, 2.05) is 4.90 Å². The zero-order valence-corrected chi connectivity index (χ0v) is 12.9. The lowest BCUT2D eigenvalue weighted by Gasteiger charge is -2.33. The Balaban J connectivity index is 2.16. The Kier molecular flexibility index (Phi) is 6.82. The van der Waals surface area contributed by atoms with Crippen molar-refractivity contribution in [3.8, 4) is 0 Å². The SMILES string of the molecule is CC(CCCNC(=O)N1CCC(C(C)C)CC1)C(=O)O. The predicted molar refractivity (Wildman–Crippen MR) is 78.6 cm³/mol. The highest BCUT2D eigenvalue weighted by atomic mass is 16.4. The van der Waals surface area contributed by atoms with Gasteiger partial charge >= 0.3 is 12.0 Å². The van der Waals surface area contributed by atoms with Crippen LogP contribution in [-0.4, -0.2) is 41.6 Å². The minimum Gasteiger partial charge on any atom is -0.481 e. The molecule has 0 aliphatic carbocycles. The zero-order chi connectivity index (χ0) is 15.1. The van der Waals surface area contributed by atoms with Crippen molar-refractivity contribution in [2.45, 2.75) is 46.5 Å². The molecule has 2 amide bonds. The highest BCUT2D eigenvalue weighted by molar-refractivity contribution is 5.74. The Morgan fingerprint density at radius 3 is 2.35 bits per heavy atom. The van der Waals surface area contributed by atoms with Crippen LogP contribution in [0.1, 0.15) is 46.5 Å². The molecule has 1 heterocycles. The van der Waals surface area contributed by atoms with E-state index in [0.717, 1.165) is 31.8 Å². The number of likely N-dealkylation sites (tertiary alicyclic amines) is 1. The summed E-state index contributed by atoms with van der Waals surface area (Å²) >= 11 is 0. The number of hydrogen-bond donors (Lipinski definition) is 2. The van der Waals surface area contributed by atoms with Crippen molar-refractivity contribution in [3.05, 3.63) is 0 Å². The summed E-state index contributed by atoms with van der Waals surface area (Å²) in [6, 6.07) is -0.00446. The van der Waals surface area contributed by atoms with E-state index in [2.05, 4.69) is 19.2 Å². The summed E-state index contributed by atoms with van der Waals surface area (Å²) in [6.07, 6.45) is 3.48. The van der Waals surface area contributed by atoms with Crippen molar-refractivity contribution in [1.29, 1.82) is 0 Å². The summed E-state index contributed by atoms with van der Waals surface area (Å²) in [5.74, 6) is 0.314. The van der Waals surface area contributed by atoms with Gasteiger partial charge < -0.3 is 15.3 Å². The molecule has 0 bridgehead atoms. The largest absolute Gasteiger partial charge is 0.481 e. The first kappa shape index (κ1) is 16.8. The number of carboxylic acid groups (broad SMARTS) is 1. The molecule has 0 aromatic carbocycles. The fourth-order valence-corrected chi connectivity index (χ4v) is 2.61. The molecule has 20 heavy (non-hydrogen) atoms. The lowest BCUT2D eigenvalue weighted by molar-refractivity contribution is -0.141. The number of piperidine rings is 1.